The van der Waals surface area contributed by atoms with E-state index in [1.165, 1.54) is 0 Å². The third-order valence-corrected chi connectivity index (χ3v) is 5.26. The fourth-order valence-corrected chi connectivity index (χ4v) is 3.69. The molecule has 0 bridgehead atoms. The first-order valence-electron chi connectivity index (χ1n) is 7.57. The van der Waals surface area contributed by atoms with E-state index in [9.17, 15) is 8.42 Å². The van der Waals surface area contributed by atoms with Crippen LogP contribution in [0.5, 0.6) is 0 Å². The Morgan fingerprint density at radius 1 is 0.957 bits per heavy atom. The maximum absolute atomic E-state index is 12.6. The van der Waals surface area contributed by atoms with E-state index in [4.69, 9.17) is 0 Å². The molecule has 0 heterocycles. The number of benzene rings is 2. The SMILES string of the molecule is Cc1ccc(S(=O)(=O)Nc2ccccc2CC2C=CC=C2)cc1. The molecule has 0 aliphatic heterocycles. The van der Waals surface area contributed by atoms with Crippen LogP contribution in [0.1, 0.15) is 11.1 Å². The maximum atomic E-state index is 12.6. The van der Waals surface area contributed by atoms with E-state index in [2.05, 4.69) is 16.9 Å². The summed E-state index contributed by atoms with van der Waals surface area (Å²) in [5.74, 6) is 0.319. The number of hydrogen-bond donors (Lipinski definition) is 1. The highest BCUT2D eigenvalue weighted by molar-refractivity contribution is 7.92. The summed E-state index contributed by atoms with van der Waals surface area (Å²) < 4.78 is 27.8. The van der Waals surface area contributed by atoms with Crippen LogP contribution in [0.3, 0.4) is 0 Å². The molecule has 2 aromatic rings. The van der Waals surface area contributed by atoms with Crippen molar-refractivity contribution < 1.29 is 8.42 Å². The summed E-state index contributed by atoms with van der Waals surface area (Å²) in [6.45, 7) is 1.93. The molecule has 0 saturated heterocycles. The Kier molecular flexibility index (Phi) is 4.35. The molecule has 1 aliphatic rings. The summed E-state index contributed by atoms with van der Waals surface area (Å²) in [5, 5.41) is 0. The van der Waals surface area contributed by atoms with E-state index in [-0.39, 0.29) is 4.90 Å². The Morgan fingerprint density at radius 3 is 2.30 bits per heavy atom. The number of sulfonamides is 1. The molecule has 2 aromatic carbocycles. The van der Waals surface area contributed by atoms with Crippen molar-refractivity contribution in [2.45, 2.75) is 18.2 Å². The van der Waals surface area contributed by atoms with Gasteiger partial charge in [-0.05, 0) is 43.0 Å². The number of hydrogen-bond acceptors (Lipinski definition) is 2. The van der Waals surface area contributed by atoms with E-state index in [0.717, 1.165) is 17.5 Å². The molecular formula is C19H19NO2S. The third-order valence-electron chi connectivity index (χ3n) is 3.88. The second-order valence-electron chi connectivity index (χ2n) is 5.71. The molecular weight excluding hydrogens is 306 g/mol. The number of para-hydroxylation sites is 1. The molecule has 23 heavy (non-hydrogen) atoms. The highest BCUT2D eigenvalue weighted by atomic mass is 32.2. The Bertz CT molecular complexity index is 837. The minimum atomic E-state index is -3.57. The van der Waals surface area contributed by atoms with E-state index >= 15 is 0 Å². The van der Waals surface area contributed by atoms with Crippen LogP contribution in [0.25, 0.3) is 0 Å². The quantitative estimate of drug-likeness (QED) is 0.900. The van der Waals surface area contributed by atoms with Crippen molar-refractivity contribution in [1.29, 1.82) is 0 Å². The van der Waals surface area contributed by atoms with Gasteiger partial charge in [-0.25, -0.2) is 8.42 Å². The number of aryl methyl sites for hydroxylation is 1. The lowest BCUT2D eigenvalue weighted by Crippen LogP contribution is -2.14. The average molecular weight is 325 g/mol. The van der Waals surface area contributed by atoms with Gasteiger partial charge in [0.2, 0.25) is 0 Å². The van der Waals surface area contributed by atoms with Crippen LogP contribution >= 0.6 is 0 Å². The van der Waals surface area contributed by atoms with Crippen molar-refractivity contribution in [2.24, 2.45) is 5.92 Å². The van der Waals surface area contributed by atoms with Crippen molar-refractivity contribution in [1.82, 2.24) is 0 Å². The average Bonchev–Trinajstić information content (AvgIpc) is 3.02. The maximum Gasteiger partial charge on any atom is 0.261 e. The summed E-state index contributed by atoms with van der Waals surface area (Å²) in [4.78, 5) is 0.276. The first kappa shape index (κ1) is 15.6. The first-order valence-corrected chi connectivity index (χ1v) is 9.05. The summed E-state index contributed by atoms with van der Waals surface area (Å²) in [5.41, 5.74) is 2.66. The molecule has 1 aliphatic carbocycles. The van der Waals surface area contributed by atoms with Gasteiger partial charge in [0.25, 0.3) is 10.0 Å². The minimum Gasteiger partial charge on any atom is -0.279 e. The van der Waals surface area contributed by atoms with Crippen LogP contribution < -0.4 is 4.72 Å². The number of anilines is 1. The molecule has 3 nitrogen and oxygen atoms in total. The van der Waals surface area contributed by atoms with Gasteiger partial charge in [-0.15, -0.1) is 0 Å². The van der Waals surface area contributed by atoms with Crippen LogP contribution in [0, 0.1) is 12.8 Å². The Labute approximate surface area is 137 Å². The smallest absolute Gasteiger partial charge is 0.261 e. The highest BCUT2D eigenvalue weighted by Gasteiger charge is 2.16. The van der Waals surface area contributed by atoms with Gasteiger partial charge in [0.15, 0.2) is 0 Å². The lowest BCUT2D eigenvalue weighted by atomic mass is 10.00. The largest absolute Gasteiger partial charge is 0.279 e. The second-order valence-corrected chi connectivity index (χ2v) is 7.40. The predicted octanol–water partition coefficient (Wildman–Crippen LogP) is 4.08. The molecule has 0 atom stereocenters. The van der Waals surface area contributed by atoms with Gasteiger partial charge in [0.05, 0.1) is 10.6 Å². The van der Waals surface area contributed by atoms with Gasteiger partial charge in [-0.3, -0.25) is 4.72 Å². The zero-order chi connectivity index (χ0) is 16.3. The number of allylic oxidation sites excluding steroid dienone is 4. The van der Waals surface area contributed by atoms with Gasteiger partial charge < -0.3 is 0 Å². The van der Waals surface area contributed by atoms with E-state index < -0.39 is 10.0 Å². The van der Waals surface area contributed by atoms with Gasteiger partial charge in [-0.1, -0.05) is 60.2 Å². The van der Waals surface area contributed by atoms with Gasteiger partial charge in [0, 0.05) is 0 Å². The van der Waals surface area contributed by atoms with Crippen molar-refractivity contribution in [3.8, 4) is 0 Å². The van der Waals surface area contributed by atoms with Crippen LogP contribution in [-0.4, -0.2) is 8.42 Å². The summed E-state index contributed by atoms with van der Waals surface area (Å²) in [6.07, 6.45) is 9.05. The lowest BCUT2D eigenvalue weighted by Gasteiger charge is -2.14. The fourth-order valence-electron chi connectivity index (χ4n) is 2.59. The third kappa shape index (κ3) is 3.71. The molecule has 0 spiro atoms. The fraction of sp³-hybridized carbons (Fsp3) is 0.158. The molecule has 0 fully saturated rings. The molecule has 0 amide bonds. The van der Waals surface area contributed by atoms with Crippen molar-refractivity contribution in [2.75, 3.05) is 4.72 Å². The van der Waals surface area contributed by atoms with Crippen molar-refractivity contribution in [3.63, 3.8) is 0 Å². The van der Waals surface area contributed by atoms with E-state index in [1.54, 1.807) is 24.3 Å². The Balaban J connectivity index is 1.85. The molecule has 0 unspecified atom stereocenters. The topological polar surface area (TPSA) is 46.2 Å². The predicted molar refractivity (Wildman–Crippen MR) is 93.9 cm³/mol. The molecule has 4 heteroatoms. The standard InChI is InChI=1S/C19H19NO2S/c1-15-10-12-18(13-11-15)23(21,22)20-19-9-5-4-8-17(19)14-16-6-2-3-7-16/h2-13,16,20H,14H2,1H3. The first-order chi connectivity index (χ1) is 11.0. The van der Waals surface area contributed by atoms with Crippen molar-refractivity contribution >= 4 is 15.7 Å². The van der Waals surface area contributed by atoms with E-state index in [0.29, 0.717) is 11.6 Å². The summed E-state index contributed by atoms with van der Waals surface area (Å²) >= 11 is 0. The lowest BCUT2D eigenvalue weighted by molar-refractivity contribution is 0.601. The van der Waals surface area contributed by atoms with Gasteiger partial charge in [-0.2, -0.15) is 0 Å². The number of nitrogens with one attached hydrogen (secondary N) is 1. The van der Waals surface area contributed by atoms with Crippen LogP contribution in [0.15, 0.2) is 77.7 Å². The number of rotatable bonds is 5. The van der Waals surface area contributed by atoms with Crippen LogP contribution in [0.2, 0.25) is 0 Å². The molecule has 0 saturated carbocycles. The molecule has 0 radical (unpaired) electrons. The zero-order valence-corrected chi connectivity index (χ0v) is 13.8. The van der Waals surface area contributed by atoms with E-state index in [1.807, 2.05) is 43.3 Å². The Hall–Kier alpha value is -2.33. The van der Waals surface area contributed by atoms with Crippen LogP contribution in [-0.2, 0) is 16.4 Å². The summed E-state index contributed by atoms with van der Waals surface area (Å²) in [7, 11) is -3.57. The highest BCUT2D eigenvalue weighted by Crippen LogP contribution is 2.24. The molecule has 118 valence electrons. The zero-order valence-electron chi connectivity index (χ0n) is 12.9. The van der Waals surface area contributed by atoms with Crippen molar-refractivity contribution in [3.05, 3.63) is 84.0 Å². The Morgan fingerprint density at radius 2 is 1.61 bits per heavy atom. The molecule has 1 N–H and O–H groups in total. The van der Waals surface area contributed by atoms with Crippen LogP contribution in [0.4, 0.5) is 5.69 Å². The van der Waals surface area contributed by atoms with Gasteiger partial charge >= 0.3 is 0 Å². The minimum absolute atomic E-state index is 0.276. The molecule has 0 aromatic heterocycles. The monoisotopic (exact) mass is 325 g/mol. The molecule has 3 rings (SSSR count). The summed E-state index contributed by atoms with van der Waals surface area (Å²) in [6, 6.07) is 14.4. The van der Waals surface area contributed by atoms with Gasteiger partial charge in [0.1, 0.15) is 0 Å². The second kappa shape index (κ2) is 6.42. The normalized spacial score (nSPS) is 14.3.